The molecule has 2 rings (SSSR count). The number of rotatable bonds is 5. The maximum Gasteiger partial charge on any atom is 0.222 e. The predicted octanol–water partition coefficient (Wildman–Crippen LogP) is 5.09. The van der Waals surface area contributed by atoms with Crippen molar-refractivity contribution in [2.45, 2.75) is 40.0 Å². The van der Waals surface area contributed by atoms with Crippen molar-refractivity contribution in [3.05, 3.63) is 47.7 Å². The number of aryl methyl sites for hydroxylation is 1. The summed E-state index contributed by atoms with van der Waals surface area (Å²) in [6.45, 7) is 11.6. The summed E-state index contributed by atoms with van der Waals surface area (Å²) >= 11 is 0. The average molecular weight is 325 g/mol. The fraction of sp³-hybridized carbons (Fsp3) is 0.400. The Labute approximate surface area is 145 Å². The van der Waals surface area contributed by atoms with Gasteiger partial charge in [-0.05, 0) is 43.0 Å². The van der Waals surface area contributed by atoms with Crippen molar-refractivity contribution in [2.75, 3.05) is 13.6 Å². The lowest BCUT2D eigenvalue weighted by molar-refractivity contribution is 0.456. The molecule has 0 aliphatic rings. The molecule has 0 bridgehead atoms. The summed E-state index contributed by atoms with van der Waals surface area (Å²) in [4.78, 5) is 10.8. The van der Waals surface area contributed by atoms with Gasteiger partial charge in [-0.1, -0.05) is 32.9 Å². The Kier molecular flexibility index (Phi) is 5.60. The first-order chi connectivity index (χ1) is 11.3. The molecule has 0 spiro atoms. The van der Waals surface area contributed by atoms with Crippen molar-refractivity contribution in [1.29, 1.82) is 0 Å². The van der Waals surface area contributed by atoms with Crippen molar-refractivity contribution < 1.29 is 4.74 Å². The van der Waals surface area contributed by atoms with E-state index in [9.17, 15) is 0 Å². The third-order valence-electron chi connectivity index (χ3n) is 3.83. The number of ether oxygens (including phenoxy) is 1. The third-order valence-corrected chi connectivity index (χ3v) is 3.83. The lowest BCUT2D eigenvalue weighted by Crippen LogP contribution is -2.14. The molecule has 0 amide bonds. The maximum absolute atomic E-state index is 5.97. The molecule has 4 nitrogen and oxygen atoms in total. The molecule has 0 atom stereocenters. The molecule has 0 unspecified atom stereocenters. The molecule has 1 aromatic carbocycles. The SMILES string of the molecule is CCN(C)C=Nc1cnc(Oc2cccc(C(C)(C)C)c2)c(C)c1. The highest BCUT2D eigenvalue weighted by molar-refractivity contribution is 5.61. The van der Waals surface area contributed by atoms with E-state index in [1.807, 2.05) is 43.4 Å². The maximum atomic E-state index is 5.97. The highest BCUT2D eigenvalue weighted by Gasteiger charge is 2.14. The first-order valence-electron chi connectivity index (χ1n) is 8.29. The molecule has 0 radical (unpaired) electrons. The molecule has 24 heavy (non-hydrogen) atoms. The van der Waals surface area contributed by atoms with E-state index in [0.717, 1.165) is 23.5 Å². The molecule has 4 heteroatoms. The van der Waals surface area contributed by atoms with Crippen LogP contribution in [-0.4, -0.2) is 29.8 Å². The molecule has 1 aromatic heterocycles. The lowest BCUT2D eigenvalue weighted by atomic mass is 9.87. The van der Waals surface area contributed by atoms with Crippen molar-refractivity contribution in [3.63, 3.8) is 0 Å². The minimum absolute atomic E-state index is 0.0890. The van der Waals surface area contributed by atoms with Crippen LogP contribution in [0.5, 0.6) is 11.6 Å². The van der Waals surface area contributed by atoms with E-state index in [1.165, 1.54) is 5.56 Å². The summed E-state index contributed by atoms with van der Waals surface area (Å²) in [5.74, 6) is 1.42. The van der Waals surface area contributed by atoms with Crippen LogP contribution in [0.15, 0.2) is 41.5 Å². The summed E-state index contributed by atoms with van der Waals surface area (Å²) in [6.07, 6.45) is 3.54. The Morgan fingerprint density at radius 3 is 2.62 bits per heavy atom. The van der Waals surface area contributed by atoms with Crippen molar-refractivity contribution in [2.24, 2.45) is 4.99 Å². The number of nitrogens with zero attached hydrogens (tertiary/aromatic N) is 3. The first kappa shape index (κ1) is 18.0. The smallest absolute Gasteiger partial charge is 0.222 e. The molecule has 0 saturated carbocycles. The number of benzene rings is 1. The van der Waals surface area contributed by atoms with Gasteiger partial charge in [-0.3, -0.25) is 0 Å². The average Bonchev–Trinajstić information content (AvgIpc) is 2.54. The summed E-state index contributed by atoms with van der Waals surface area (Å²) in [5.41, 5.74) is 3.11. The third kappa shape index (κ3) is 4.82. The van der Waals surface area contributed by atoms with E-state index in [0.29, 0.717) is 5.88 Å². The van der Waals surface area contributed by atoms with Gasteiger partial charge < -0.3 is 9.64 Å². The number of hydrogen-bond donors (Lipinski definition) is 0. The molecule has 1 heterocycles. The second kappa shape index (κ2) is 7.47. The van der Waals surface area contributed by atoms with Gasteiger partial charge in [-0.25, -0.2) is 9.98 Å². The molecular weight excluding hydrogens is 298 g/mol. The lowest BCUT2D eigenvalue weighted by Gasteiger charge is -2.19. The first-order valence-corrected chi connectivity index (χ1v) is 8.29. The number of hydrogen-bond acceptors (Lipinski definition) is 3. The largest absolute Gasteiger partial charge is 0.439 e. The van der Waals surface area contributed by atoms with E-state index in [1.54, 1.807) is 6.20 Å². The standard InChI is InChI=1S/C20H27N3O/c1-7-23(6)14-22-17-11-15(2)19(21-13-17)24-18-10-8-9-16(12-18)20(3,4)5/h8-14H,7H2,1-6H3. The Morgan fingerprint density at radius 2 is 2.00 bits per heavy atom. The van der Waals surface area contributed by atoms with Crippen LogP contribution in [0.3, 0.4) is 0 Å². The number of aromatic nitrogens is 1. The van der Waals surface area contributed by atoms with Gasteiger partial charge in [0.1, 0.15) is 5.75 Å². The van der Waals surface area contributed by atoms with Gasteiger partial charge in [0.2, 0.25) is 5.88 Å². The highest BCUT2D eigenvalue weighted by Crippen LogP contribution is 2.29. The zero-order chi connectivity index (χ0) is 17.7. The molecule has 0 aliphatic carbocycles. The fourth-order valence-electron chi connectivity index (χ4n) is 2.11. The molecule has 0 N–H and O–H groups in total. The van der Waals surface area contributed by atoms with Gasteiger partial charge in [0, 0.05) is 19.2 Å². The second-order valence-electron chi connectivity index (χ2n) is 7.01. The van der Waals surface area contributed by atoms with E-state index in [-0.39, 0.29) is 5.41 Å². The van der Waals surface area contributed by atoms with Gasteiger partial charge >= 0.3 is 0 Å². The van der Waals surface area contributed by atoms with E-state index >= 15 is 0 Å². The van der Waals surface area contributed by atoms with Gasteiger partial charge in [0.15, 0.2) is 0 Å². The van der Waals surface area contributed by atoms with Crippen molar-refractivity contribution in [3.8, 4) is 11.6 Å². The highest BCUT2D eigenvalue weighted by atomic mass is 16.5. The van der Waals surface area contributed by atoms with Crippen LogP contribution >= 0.6 is 0 Å². The minimum Gasteiger partial charge on any atom is -0.439 e. The van der Waals surface area contributed by atoms with Crippen LogP contribution in [0, 0.1) is 6.92 Å². The topological polar surface area (TPSA) is 37.7 Å². The Balaban J connectivity index is 2.18. The molecule has 0 aliphatic heterocycles. The quantitative estimate of drug-likeness (QED) is 0.567. The van der Waals surface area contributed by atoms with Gasteiger partial charge in [0.05, 0.1) is 18.2 Å². The van der Waals surface area contributed by atoms with Crippen molar-refractivity contribution in [1.82, 2.24) is 9.88 Å². The van der Waals surface area contributed by atoms with Crippen LogP contribution in [0.2, 0.25) is 0 Å². The Bertz CT molecular complexity index is 717. The van der Waals surface area contributed by atoms with Gasteiger partial charge in [0.25, 0.3) is 0 Å². The fourth-order valence-corrected chi connectivity index (χ4v) is 2.11. The van der Waals surface area contributed by atoms with Crippen LogP contribution < -0.4 is 4.74 Å². The minimum atomic E-state index is 0.0890. The van der Waals surface area contributed by atoms with E-state index in [4.69, 9.17) is 4.74 Å². The van der Waals surface area contributed by atoms with Crippen LogP contribution in [0.1, 0.15) is 38.8 Å². The Hall–Kier alpha value is -2.36. The monoisotopic (exact) mass is 325 g/mol. The Morgan fingerprint density at radius 1 is 1.25 bits per heavy atom. The molecular formula is C20H27N3O. The summed E-state index contributed by atoms with van der Waals surface area (Å²) in [7, 11) is 1.99. The van der Waals surface area contributed by atoms with Crippen LogP contribution in [-0.2, 0) is 5.41 Å². The van der Waals surface area contributed by atoms with Gasteiger partial charge in [-0.2, -0.15) is 0 Å². The molecule has 128 valence electrons. The van der Waals surface area contributed by atoms with Crippen LogP contribution in [0.4, 0.5) is 5.69 Å². The molecule has 2 aromatic rings. The number of aliphatic imine (C=N–C) groups is 1. The second-order valence-corrected chi connectivity index (χ2v) is 7.01. The van der Waals surface area contributed by atoms with Gasteiger partial charge in [-0.15, -0.1) is 0 Å². The normalized spacial score (nSPS) is 11.8. The van der Waals surface area contributed by atoms with E-state index in [2.05, 4.69) is 49.8 Å². The molecule has 0 fully saturated rings. The molecule has 0 saturated heterocycles. The van der Waals surface area contributed by atoms with Crippen LogP contribution in [0.25, 0.3) is 0 Å². The zero-order valence-corrected chi connectivity index (χ0v) is 15.5. The summed E-state index contributed by atoms with van der Waals surface area (Å²) < 4.78 is 5.97. The summed E-state index contributed by atoms with van der Waals surface area (Å²) in [5, 5.41) is 0. The van der Waals surface area contributed by atoms with E-state index < -0.39 is 0 Å². The zero-order valence-electron chi connectivity index (χ0n) is 15.5. The number of pyridine rings is 1. The summed E-state index contributed by atoms with van der Waals surface area (Å²) in [6, 6.07) is 10.2. The predicted molar refractivity (Wildman–Crippen MR) is 101 cm³/mol. The van der Waals surface area contributed by atoms with Crippen molar-refractivity contribution >= 4 is 12.0 Å².